The summed E-state index contributed by atoms with van der Waals surface area (Å²) in [5, 5.41) is 21.9. The number of amides is 2. The summed E-state index contributed by atoms with van der Waals surface area (Å²) in [5.41, 5.74) is 2.02. The molecule has 0 aliphatic heterocycles. The van der Waals surface area contributed by atoms with E-state index in [4.69, 9.17) is 0 Å². The van der Waals surface area contributed by atoms with Gasteiger partial charge in [0.2, 0.25) is 5.91 Å². The third-order valence-corrected chi connectivity index (χ3v) is 4.87. The summed E-state index contributed by atoms with van der Waals surface area (Å²) < 4.78 is 0. The van der Waals surface area contributed by atoms with Gasteiger partial charge in [0.1, 0.15) is 11.4 Å². The molecule has 0 radical (unpaired) electrons. The number of fused-ring (bicyclic) bond motifs is 1. The zero-order valence-electron chi connectivity index (χ0n) is 15.8. The number of aromatic nitrogens is 3. The Bertz CT molecular complexity index is 1170. The Labute approximate surface area is 170 Å². The number of aromatic hydroxyl groups is 1. The van der Waals surface area contributed by atoms with Crippen molar-refractivity contribution in [3.63, 3.8) is 0 Å². The Balaban J connectivity index is 1.53. The molecular formula is C21H19N5O4. The summed E-state index contributed by atoms with van der Waals surface area (Å²) in [7, 11) is 0. The van der Waals surface area contributed by atoms with E-state index in [2.05, 4.69) is 25.8 Å². The van der Waals surface area contributed by atoms with Crippen molar-refractivity contribution in [2.45, 2.75) is 18.5 Å². The number of carbonyl (C=O) groups excluding carboxylic acids is 2. The number of pyridine rings is 1. The highest BCUT2D eigenvalue weighted by Crippen LogP contribution is 2.31. The molecule has 0 unspecified atom stereocenters. The van der Waals surface area contributed by atoms with E-state index in [1.165, 1.54) is 12.1 Å². The molecule has 3 aromatic rings. The molecule has 9 heteroatoms. The number of aromatic amines is 2. The minimum absolute atomic E-state index is 0.0608. The Morgan fingerprint density at radius 1 is 1.20 bits per heavy atom. The first kappa shape index (κ1) is 19.2. The molecule has 5 N–H and O–H groups in total. The van der Waals surface area contributed by atoms with Crippen LogP contribution in [-0.2, 0) is 11.2 Å². The van der Waals surface area contributed by atoms with Crippen LogP contribution >= 0.6 is 0 Å². The molecular weight excluding hydrogens is 386 g/mol. The van der Waals surface area contributed by atoms with Gasteiger partial charge in [-0.3, -0.25) is 19.5 Å². The van der Waals surface area contributed by atoms with E-state index in [1.54, 1.807) is 18.5 Å². The monoisotopic (exact) mass is 405 g/mol. The third kappa shape index (κ3) is 4.14. The summed E-state index contributed by atoms with van der Waals surface area (Å²) >= 11 is 0. The van der Waals surface area contributed by atoms with E-state index in [-0.39, 0.29) is 23.4 Å². The first-order valence-electron chi connectivity index (χ1n) is 9.29. The predicted octanol–water partition coefficient (Wildman–Crippen LogP) is 1.03. The van der Waals surface area contributed by atoms with E-state index in [0.717, 1.165) is 22.8 Å². The molecule has 1 aliphatic rings. The molecule has 0 fully saturated rings. The van der Waals surface area contributed by atoms with Gasteiger partial charge in [0.05, 0.1) is 18.3 Å². The highest BCUT2D eigenvalue weighted by molar-refractivity contribution is 5.94. The fourth-order valence-electron chi connectivity index (χ4n) is 3.53. The zero-order chi connectivity index (χ0) is 21.1. The summed E-state index contributed by atoms with van der Waals surface area (Å²) in [6, 6.07) is 8.88. The van der Waals surface area contributed by atoms with Gasteiger partial charge in [-0.2, -0.15) is 5.10 Å². The van der Waals surface area contributed by atoms with Crippen LogP contribution in [0.15, 0.2) is 59.7 Å². The molecule has 0 spiro atoms. The van der Waals surface area contributed by atoms with Crippen LogP contribution in [0.2, 0.25) is 0 Å². The zero-order valence-corrected chi connectivity index (χ0v) is 15.8. The fourth-order valence-corrected chi connectivity index (χ4v) is 3.53. The average Bonchev–Trinajstić information content (AvgIpc) is 3.34. The number of hydrogen-bond donors (Lipinski definition) is 5. The molecule has 2 amide bonds. The Morgan fingerprint density at radius 2 is 2.03 bits per heavy atom. The van der Waals surface area contributed by atoms with Gasteiger partial charge >= 0.3 is 0 Å². The lowest BCUT2D eigenvalue weighted by molar-refractivity contribution is -0.117. The van der Waals surface area contributed by atoms with E-state index in [0.29, 0.717) is 6.42 Å². The molecule has 9 nitrogen and oxygen atoms in total. The number of rotatable bonds is 5. The van der Waals surface area contributed by atoms with Crippen molar-refractivity contribution in [1.29, 1.82) is 0 Å². The lowest BCUT2D eigenvalue weighted by Crippen LogP contribution is -2.44. The number of nitrogens with zero attached hydrogens (tertiary/aromatic N) is 1. The predicted molar refractivity (Wildman–Crippen MR) is 109 cm³/mol. The van der Waals surface area contributed by atoms with Gasteiger partial charge in [0, 0.05) is 30.0 Å². The highest BCUT2D eigenvalue weighted by Gasteiger charge is 2.34. The number of H-pyrrole nitrogens is 2. The van der Waals surface area contributed by atoms with Gasteiger partial charge in [0.25, 0.3) is 11.5 Å². The molecule has 0 bridgehead atoms. The number of carbonyl (C=O) groups is 2. The van der Waals surface area contributed by atoms with Crippen LogP contribution in [0.1, 0.15) is 33.2 Å². The Kier molecular flexibility index (Phi) is 5.17. The van der Waals surface area contributed by atoms with E-state index in [1.807, 2.05) is 24.3 Å². The van der Waals surface area contributed by atoms with Gasteiger partial charge in [-0.15, -0.1) is 0 Å². The normalized spacial score (nSPS) is 17.6. The first-order valence-corrected chi connectivity index (χ1v) is 9.29. The van der Waals surface area contributed by atoms with Crippen molar-refractivity contribution in [2.75, 3.05) is 0 Å². The van der Waals surface area contributed by atoms with Crippen LogP contribution < -0.4 is 16.2 Å². The molecule has 1 aliphatic carbocycles. The van der Waals surface area contributed by atoms with E-state index >= 15 is 0 Å². The van der Waals surface area contributed by atoms with Gasteiger partial charge < -0.3 is 20.7 Å². The number of hydrogen-bond acceptors (Lipinski definition) is 5. The van der Waals surface area contributed by atoms with Crippen LogP contribution in [0.4, 0.5) is 0 Å². The number of benzene rings is 1. The molecule has 30 heavy (non-hydrogen) atoms. The molecule has 1 aromatic carbocycles. The maximum Gasteiger partial charge on any atom is 0.268 e. The van der Waals surface area contributed by atoms with Crippen LogP contribution in [0, 0.1) is 0 Å². The molecule has 2 heterocycles. The standard InChI is InChI=1S/C21H19N5O4/c27-14-8-17(25-19(29)9-14)21(30)26-20-15-4-2-1-3-13(15)7-16(20)24-18(28)6-5-12-10-22-23-11-12/h1-6,8-11,16,20H,7H2,(H,22,23)(H,24,28)(H,26,30)(H2,25,27,29)/b6-5+/t16-,20-/m1/s1. The SMILES string of the molecule is O=C(/C=C/c1cn[nH]c1)N[C@@H]1Cc2ccccc2[C@H]1NC(=O)c1cc(O)cc(=O)[nH]1. The number of nitrogens with one attached hydrogen (secondary N) is 4. The topological polar surface area (TPSA) is 140 Å². The van der Waals surface area contributed by atoms with Crippen molar-refractivity contribution in [1.82, 2.24) is 25.8 Å². The van der Waals surface area contributed by atoms with Crippen molar-refractivity contribution in [3.8, 4) is 5.75 Å². The second-order valence-electron chi connectivity index (χ2n) is 6.95. The quantitative estimate of drug-likeness (QED) is 0.403. The summed E-state index contributed by atoms with van der Waals surface area (Å²) in [4.78, 5) is 39.1. The van der Waals surface area contributed by atoms with Crippen LogP contribution in [0.25, 0.3) is 6.08 Å². The van der Waals surface area contributed by atoms with Crippen LogP contribution in [0.3, 0.4) is 0 Å². The smallest absolute Gasteiger partial charge is 0.268 e. The first-order chi connectivity index (χ1) is 14.5. The van der Waals surface area contributed by atoms with Gasteiger partial charge in [-0.05, 0) is 23.6 Å². The van der Waals surface area contributed by atoms with Gasteiger partial charge in [-0.25, -0.2) is 0 Å². The second-order valence-corrected chi connectivity index (χ2v) is 6.95. The summed E-state index contributed by atoms with van der Waals surface area (Å²) in [6.45, 7) is 0. The fraction of sp³-hybridized carbons (Fsp3) is 0.143. The molecule has 2 atom stereocenters. The van der Waals surface area contributed by atoms with Crippen molar-refractivity contribution in [2.24, 2.45) is 0 Å². The van der Waals surface area contributed by atoms with Gasteiger partial charge in [-0.1, -0.05) is 24.3 Å². The third-order valence-electron chi connectivity index (χ3n) is 4.87. The van der Waals surface area contributed by atoms with E-state index < -0.39 is 17.5 Å². The minimum atomic E-state index is -0.582. The lowest BCUT2D eigenvalue weighted by atomic mass is 10.1. The maximum atomic E-state index is 12.7. The van der Waals surface area contributed by atoms with Crippen molar-refractivity contribution < 1.29 is 14.7 Å². The van der Waals surface area contributed by atoms with Gasteiger partial charge in [0.15, 0.2) is 0 Å². The molecule has 0 saturated carbocycles. The summed E-state index contributed by atoms with van der Waals surface area (Å²) in [5.74, 6) is -1.16. The minimum Gasteiger partial charge on any atom is -0.508 e. The maximum absolute atomic E-state index is 12.7. The van der Waals surface area contributed by atoms with Crippen molar-refractivity contribution in [3.05, 3.63) is 87.6 Å². The molecule has 152 valence electrons. The van der Waals surface area contributed by atoms with Crippen LogP contribution in [0.5, 0.6) is 5.75 Å². The highest BCUT2D eigenvalue weighted by atomic mass is 16.3. The molecule has 0 saturated heterocycles. The average molecular weight is 405 g/mol. The largest absolute Gasteiger partial charge is 0.508 e. The lowest BCUT2D eigenvalue weighted by Gasteiger charge is -2.22. The van der Waals surface area contributed by atoms with Crippen molar-refractivity contribution >= 4 is 17.9 Å². The Hall–Kier alpha value is -4.14. The Morgan fingerprint density at radius 3 is 2.80 bits per heavy atom. The molecule has 4 rings (SSSR count). The van der Waals surface area contributed by atoms with Crippen LogP contribution in [-0.4, -0.2) is 38.1 Å². The molecule has 2 aromatic heterocycles. The summed E-state index contributed by atoms with van der Waals surface area (Å²) in [6.07, 6.45) is 6.83. The second kappa shape index (κ2) is 8.08. The van der Waals surface area contributed by atoms with E-state index in [9.17, 15) is 19.5 Å².